The maximum atomic E-state index is 4.61. The van der Waals surface area contributed by atoms with E-state index in [1.54, 1.807) is 0 Å². The first kappa shape index (κ1) is 11.5. The van der Waals surface area contributed by atoms with Crippen molar-refractivity contribution in [2.45, 2.75) is 31.0 Å². The predicted molar refractivity (Wildman–Crippen MR) is 74.5 cm³/mol. The van der Waals surface area contributed by atoms with Gasteiger partial charge in [-0.25, -0.2) is 4.98 Å². The van der Waals surface area contributed by atoms with E-state index in [9.17, 15) is 0 Å². The van der Waals surface area contributed by atoms with Crippen molar-refractivity contribution in [2.24, 2.45) is 11.8 Å². The quantitative estimate of drug-likeness (QED) is 0.745. The summed E-state index contributed by atoms with van der Waals surface area (Å²) in [7, 11) is 0. The summed E-state index contributed by atoms with van der Waals surface area (Å²) in [4.78, 5) is 7.14. The number of aromatic nitrogens is 1. The third-order valence-corrected chi connectivity index (χ3v) is 4.27. The van der Waals surface area contributed by atoms with E-state index >= 15 is 0 Å². The Kier molecular flexibility index (Phi) is 3.37. The van der Waals surface area contributed by atoms with Gasteiger partial charge in [-0.15, -0.1) is 0 Å². The van der Waals surface area contributed by atoms with Gasteiger partial charge in [-0.1, -0.05) is 22.0 Å². The molecule has 3 heteroatoms. The monoisotopic (exact) mass is 294 g/mol. The minimum atomic E-state index is 0.905. The van der Waals surface area contributed by atoms with Crippen LogP contribution in [0.4, 0.5) is 5.82 Å². The molecular formula is C14H19BrN2. The number of pyridine rings is 1. The lowest BCUT2D eigenvalue weighted by molar-refractivity contribution is 0.669. The van der Waals surface area contributed by atoms with Gasteiger partial charge in [0, 0.05) is 30.2 Å². The van der Waals surface area contributed by atoms with Crippen LogP contribution in [0.2, 0.25) is 0 Å². The van der Waals surface area contributed by atoms with E-state index in [0.717, 1.165) is 17.2 Å². The molecule has 0 radical (unpaired) electrons. The number of anilines is 1. The standard InChI is InChI=1S/C14H19BrN2/c15-8-13-2-1-7-16-14(13)17(9-11-3-4-11)10-12-5-6-12/h1-2,7,11-12H,3-6,8-10H2. The zero-order valence-corrected chi connectivity index (χ0v) is 11.7. The molecule has 2 nitrogen and oxygen atoms in total. The summed E-state index contributed by atoms with van der Waals surface area (Å²) in [5.74, 6) is 3.07. The van der Waals surface area contributed by atoms with Gasteiger partial charge in [0.15, 0.2) is 0 Å². The molecule has 3 rings (SSSR count). The molecule has 2 fully saturated rings. The summed E-state index contributed by atoms with van der Waals surface area (Å²) in [6.07, 6.45) is 7.58. The molecule has 17 heavy (non-hydrogen) atoms. The highest BCUT2D eigenvalue weighted by molar-refractivity contribution is 9.08. The van der Waals surface area contributed by atoms with Gasteiger partial charge < -0.3 is 4.90 Å². The summed E-state index contributed by atoms with van der Waals surface area (Å²) in [5, 5.41) is 0.905. The van der Waals surface area contributed by atoms with Crippen molar-refractivity contribution in [3.05, 3.63) is 23.9 Å². The second-order valence-corrected chi connectivity index (χ2v) is 5.97. The summed E-state index contributed by atoms with van der Waals surface area (Å²) >= 11 is 3.57. The maximum Gasteiger partial charge on any atom is 0.132 e. The van der Waals surface area contributed by atoms with Crippen molar-refractivity contribution in [1.82, 2.24) is 4.98 Å². The largest absolute Gasteiger partial charge is 0.356 e. The molecule has 0 aliphatic heterocycles. The van der Waals surface area contributed by atoms with Gasteiger partial charge in [-0.3, -0.25) is 0 Å². The van der Waals surface area contributed by atoms with E-state index in [1.807, 2.05) is 12.3 Å². The summed E-state index contributed by atoms with van der Waals surface area (Å²) < 4.78 is 0. The van der Waals surface area contributed by atoms with E-state index in [-0.39, 0.29) is 0 Å². The van der Waals surface area contributed by atoms with E-state index in [2.05, 4.69) is 31.9 Å². The topological polar surface area (TPSA) is 16.1 Å². The lowest BCUT2D eigenvalue weighted by atomic mass is 10.2. The van der Waals surface area contributed by atoms with E-state index in [1.165, 1.54) is 50.2 Å². The number of rotatable bonds is 6. The number of hydrogen-bond acceptors (Lipinski definition) is 2. The van der Waals surface area contributed by atoms with E-state index < -0.39 is 0 Å². The average molecular weight is 295 g/mol. The van der Waals surface area contributed by atoms with Crippen LogP contribution in [0.5, 0.6) is 0 Å². The Morgan fingerprint density at radius 2 is 1.82 bits per heavy atom. The van der Waals surface area contributed by atoms with Gasteiger partial charge in [0.05, 0.1) is 0 Å². The molecule has 0 amide bonds. The molecule has 0 bridgehead atoms. The Bertz CT molecular complexity index is 372. The van der Waals surface area contributed by atoms with Crippen LogP contribution in [0.1, 0.15) is 31.2 Å². The smallest absolute Gasteiger partial charge is 0.132 e. The van der Waals surface area contributed by atoms with Crippen LogP contribution in [0.3, 0.4) is 0 Å². The first-order valence-electron chi connectivity index (χ1n) is 6.61. The molecule has 1 aromatic heterocycles. The van der Waals surface area contributed by atoms with Crippen molar-refractivity contribution in [1.29, 1.82) is 0 Å². The number of nitrogens with zero attached hydrogens (tertiary/aromatic N) is 2. The molecule has 0 N–H and O–H groups in total. The van der Waals surface area contributed by atoms with E-state index in [4.69, 9.17) is 0 Å². The van der Waals surface area contributed by atoms with Crippen molar-refractivity contribution < 1.29 is 0 Å². The van der Waals surface area contributed by atoms with Gasteiger partial charge in [0.2, 0.25) is 0 Å². The molecule has 0 atom stereocenters. The highest BCUT2D eigenvalue weighted by atomic mass is 79.9. The van der Waals surface area contributed by atoms with Gasteiger partial charge >= 0.3 is 0 Å². The van der Waals surface area contributed by atoms with Gasteiger partial charge in [0.1, 0.15) is 5.82 Å². The Hall–Kier alpha value is -0.570. The zero-order valence-electron chi connectivity index (χ0n) is 10.1. The molecule has 1 aromatic rings. The van der Waals surface area contributed by atoms with Crippen molar-refractivity contribution in [3.63, 3.8) is 0 Å². The molecule has 0 saturated heterocycles. The molecule has 0 aromatic carbocycles. The third kappa shape index (κ3) is 3.01. The Labute approximate surface area is 112 Å². The van der Waals surface area contributed by atoms with Gasteiger partial charge in [-0.2, -0.15) is 0 Å². The zero-order chi connectivity index (χ0) is 11.7. The Balaban J connectivity index is 1.78. The number of alkyl halides is 1. The highest BCUT2D eigenvalue weighted by Gasteiger charge is 2.30. The summed E-state index contributed by atoms with van der Waals surface area (Å²) in [6, 6.07) is 4.22. The lowest BCUT2D eigenvalue weighted by Crippen LogP contribution is -2.29. The number of halogens is 1. The average Bonchev–Trinajstić information content (AvgIpc) is 3.23. The molecule has 0 unspecified atom stereocenters. The fraction of sp³-hybridized carbons (Fsp3) is 0.643. The molecule has 2 aliphatic carbocycles. The first-order chi connectivity index (χ1) is 8.36. The molecule has 2 saturated carbocycles. The maximum absolute atomic E-state index is 4.61. The van der Waals surface area contributed by atoms with Crippen molar-refractivity contribution in [3.8, 4) is 0 Å². The van der Waals surface area contributed by atoms with Gasteiger partial charge in [0.25, 0.3) is 0 Å². The molecule has 0 spiro atoms. The van der Waals surface area contributed by atoms with Crippen LogP contribution >= 0.6 is 15.9 Å². The third-order valence-electron chi connectivity index (χ3n) is 3.66. The SMILES string of the molecule is BrCc1cccnc1N(CC1CC1)CC1CC1. The molecule has 92 valence electrons. The fourth-order valence-electron chi connectivity index (χ4n) is 2.29. The molecular weight excluding hydrogens is 276 g/mol. The predicted octanol–water partition coefficient (Wildman–Crippen LogP) is 3.60. The fourth-order valence-corrected chi connectivity index (χ4v) is 2.73. The summed E-state index contributed by atoms with van der Waals surface area (Å²) in [6.45, 7) is 2.43. The minimum absolute atomic E-state index is 0.905. The Morgan fingerprint density at radius 3 is 2.35 bits per heavy atom. The van der Waals surface area contributed by atoms with Crippen LogP contribution < -0.4 is 4.90 Å². The Morgan fingerprint density at radius 1 is 1.18 bits per heavy atom. The van der Waals surface area contributed by atoms with Gasteiger partial charge in [-0.05, 0) is 43.6 Å². The molecule has 1 heterocycles. The van der Waals surface area contributed by atoms with Crippen LogP contribution in [0, 0.1) is 11.8 Å². The molecule has 2 aliphatic rings. The second-order valence-electron chi connectivity index (χ2n) is 5.41. The van der Waals surface area contributed by atoms with E-state index in [0.29, 0.717) is 0 Å². The van der Waals surface area contributed by atoms with Crippen LogP contribution in [0.15, 0.2) is 18.3 Å². The van der Waals surface area contributed by atoms with Crippen molar-refractivity contribution >= 4 is 21.7 Å². The summed E-state index contributed by atoms with van der Waals surface area (Å²) in [5.41, 5.74) is 1.33. The number of hydrogen-bond donors (Lipinski definition) is 0. The van der Waals surface area contributed by atoms with Crippen LogP contribution in [-0.4, -0.2) is 18.1 Å². The second kappa shape index (κ2) is 4.97. The van der Waals surface area contributed by atoms with Crippen LogP contribution in [0.25, 0.3) is 0 Å². The first-order valence-corrected chi connectivity index (χ1v) is 7.73. The van der Waals surface area contributed by atoms with Crippen molar-refractivity contribution in [2.75, 3.05) is 18.0 Å². The normalized spacial score (nSPS) is 19.4. The lowest BCUT2D eigenvalue weighted by Gasteiger charge is -2.25. The minimum Gasteiger partial charge on any atom is -0.356 e. The highest BCUT2D eigenvalue weighted by Crippen LogP contribution is 2.36. The van der Waals surface area contributed by atoms with Crippen LogP contribution in [-0.2, 0) is 5.33 Å².